The third-order valence-corrected chi connectivity index (χ3v) is 3.66. The van der Waals surface area contributed by atoms with Gasteiger partial charge in [-0.25, -0.2) is 0 Å². The van der Waals surface area contributed by atoms with Crippen molar-refractivity contribution in [2.24, 2.45) is 0 Å². The molecule has 1 aromatic heterocycles. The van der Waals surface area contributed by atoms with Gasteiger partial charge in [-0.2, -0.15) is 0 Å². The Morgan fingerprint density at radius 1 is 1.12 bits per heavy atom. The van der Waals surface area contributed by atoms with E-state index in [9.17, 15) is 4.79 Å². The number of rotatable bonds is 7. The molecule has 128 valence electrons. The molecule has 0 aliphatic carbocycles. The van der Waals surface area contributed by atoms with Crippen LogP contribution >= 0.6 is 0 Å². The highest BCUT2D eigenvalue weighted by Gasteiger charge is 2.11. The number of amides is 1. The van der Waals surface area contributed by atoms with E-state index >= 15 is 0 Å². The minimum Gasteiger partial charge on any atom is -0.493 e. The zero-order valence-corrected chi connectivity index (χ0v) is 14.4. The maximum atomic E-state index is 12.4. The summed E-state index contributed by atoms with van der Waals surface area (Å²) in [5, 5.41) is 6.14. The van der Waals surface area contributed by atoms with Crippen molar-refractivity contribution in [2.45, 2.75) is 26.3 Å². The lowest BCUT2D eigenvalue weighted by Crippen LogP contribution is -2.16. The van der Waals surface area contributed by atoms with Crippen LogP contribution in [0.5, 0.6) is 11.5 Å². The number of methoxy groups -OCH3 is 2. The Labute approximate surface area is 142 Å². The molecule has 6 heteroatoms. The third kappa shape index (κ3) is 4.38. The summed E-state index contributed by atoms with van der Waals surface area (Å²) in [7, 11) is 3.12. The summed E-state index contributed by atoms with van der Waals surface area (Å²) >= 11 is 0. The van der Waals surface area contributed by atoms with Gasteiger partial charge in [0.25, 0.3) is 5.91 Å². The summed E-state index contributed by atoms with van der Waals surface area (Å²) in [6.07, 6.45) is 2.61. The average molecular weight is 329 g/mol. The van der Waals surface area contributed by atoms with Crippen LogP contribution in [0.1, 0.15) is 30.8 Å². The number of pyridine rings is 1. The Morgan fingerprint density at radius 3 is 2.54 bits per heavy atom. The minimum absolute atomic E-state index is 0.282. The lowest BCUT2D eigenvalue weighted by molar-refractivity contribution is 0.102. The first-order valence-corrected chi connectivity index (χ1v) is 7.83. The lowest BCUT2D eigenvalue weighted by Gasteiger charge is -2.14. The maximum absolute atomic E-state index is 12.4. The van der Waals surface area contributed by atoms with Crippen LogP contribution in [0.4, 0.5) is 11.4 Å². The maximum Gasteiger partial charge on any atom is 0.274 e. The summed E-state index contributed by atoms with van der Waals surface area (Å²) in [4.78, 5) is 16.5. The minimum atomic E-state index is -0.282. The van der Waals surface area contributed by atoms with E-state index < -0.39 is 0 Å². The van der Waals surface area contributed by atoms with E-state index in [0.717, 1.165) is 12.1 Å². The van der Waals surface area contributed by atoms with E-state index in [1.165, 1.54) is 0 Å². The number of nitrogens with zero attached hydrogens (tertiary/aromatic N) is 1. The van der Waals surface area contributed by atoms with Crippen LogP contribution in [0.2, 0.25) is 0 Å². The van der Waals surface area contributed by atoms with Gasteiger partial charge in [-0.3, -0.25) is 9.78 Å². The van der Waals surface area contributed by atoms with E-state index in [1.54, 1.807) is 44.7 Å². The molecular weight excluding hydrogens is 306 g/mol. The molecule has 1 amide bonds. The molecule has 0 saturated heterocycles. The molecule has 1 unspecified atom stereocenters. The monoisotopic (exact) mass is 329 g/mol. The fraction of sp³-hybridized carbons (Fsp3) is 0.333. The van der Waals surface area contributed by atoms with Gasteiger partial charge in [-0.15, -0.1) is 0 Å². The number of carbonyl (C=O) groups is 1. The average Bonchev–Trinajstić information content (AvgIpc) is 2.61. The molecule has 1 heterocycles. The molecule has 0 radical (unpaired) electrons. The fourth-order valence-electron chi connectivity index (χ4n) is 2.14. The smallest absolute Gasteiger partial charge is 0.274 e. The van der Waals surface area contributed by atoms with Crippen LogP contribution in [-0.2, 0) is 0 Å². The second kappa shape index (κ2) is 8.19. The van der Waals surface area contributed by atoms with Gasteiger partial charge in [-0.05, 0) is 37.6 Å². The first-order chi connectivity index (χ1) is 11.6. The number of aromatic nitrogens is 1. The van der Waals surface area contributed by atoms with Crippen LogP contribution in [-0.4, -0.2) is 31.2 Å². The van der Waals surface area contributed by atoms with Crippen LogP contribution in [0.15, 0.2) is 36.5 Å². The van der Waals surface area contributed by atoms with E-state index in [0.29, 0.717) is 28.9 Å². The summed E-state index contributed by atoms with van der Waals surface area (Å²) in [6.45, 7) is 4.19. The summed E-state index contributed by atoms with van der Waals surface area (Å²) < 4.78 is 10.4. The van der Waals surface area contributed by atoms with Crippen LogP contribution in [0.25, 0.3) is 0 Å². The number of carbonyl (C=O) groups excluding carboxylic acids is 1. The van der Waals surface area contributed by atoms with E-state index in [4.69, 9.17) is 9.47 Å². The molecule has 1 atom stereocenters. The van der Waals surface area contributed by atoms with E-state index in [2.05, 4.69) is 29.5 Å². The molecule has 0 aliphatic rings. The molecule has 2 N–H and O–H groups in total. The molecular formula is C18H23N3O3. The van der Waals surface area contributed by atoms with Crippen molar-refractivity contribution < 1.29 is 14.3 Å². The molecule has 0 spiro atoms. The molecule has 0 fully saturated rings. The van der Waals surface area contributed by atoms with Gasteiger partial charge < -0.3 is 20.1 Å². The van der Waals surface area contributed by atoms with Crippen LogP contribution in [0.3, 0.4) is 0 Å². The first-order valence-electron chi connectivity index (χ1n) is 7.83. The standard InChI is InChI=1S/C18H23N3O3/c1-5-12(2)20-14-8-9-19-15(10-14)18(22)21-13-6-7-16(23-3)17(11-13)24-4/h6-12H,5H2,1-4H3,(H,19,20)(H,21,22). The van der Waals surface area contributed by atoms with Crippen molar-refractivity contribution in [3.05, 3.63) is 42.2 Å². The number of hydrogen-bond donors (Lipinski definition) is 2. The Morgan fingerprint density at radius 2 is 1.88 bits per heavy atom. The number of hydrogen-bond acceptors (Lipinski definition) is 5. The Kier molecular flexibility index (Phi) is 6.01. The molecule has 2 rings (SSSR count). The number of nitrogens with one attached hydrogen (secondary N) is 2. The van der Waals surface area contributed by atoms with Gasteiger partial charge in [0.1, 0.15) is 5.69 Å². The second-order valence-electron chi connectivity index (χ2n) is 5.41. The molecule has 0 bridgehead atoms. The highest BCUT2D eigenvalue weighted by atomic mass is 16.5. The van der Waals surface area contributed by atoms with Crippen molar-refractivity contribution in [2.75, 3.05) is 24.9 Å². The van der Waals surface area contributed by atoms with Gasteiger partial charge in [0.15, 0.2) is 11.5 Å². The summed E-state index contributed by atoms with van der Waals surface area (Å²) in [5.74, 6) is 0.874. The quantitative estimate of drug-likeness (QED) is 0.812. The summed E-state index contributed by atoms with van der Waals surface area (Å²) in [6, 6.07) is 9.11. The van der Waals surface area contributed by atoms with E-state index in [1.807, 2.05) is 6.07 Å². The molecule has 0 aliphatic heterocycles. The highest BCUT2D eigenvalue weighted by molar-refractivity contribution is 6.03. The second-order valence-corrected chi connectivity index (χ2v) is 5.41. The molecule has 6 nitrogen and oxygen atoms in total. The Balaban J connectivity index is 2.13. The predicted molar refractivity (Wildman–Crippen MR) is 95.1 cm³/mol. The Bertz CT molecular complexity index is 704. The normalized spacial score (nSPS) is 11.5. The van der Waals surface area contributed by atoms with Gasteiger partial charge in [0.05, 0.1) is 14.2 Å². The SMILES string of the molecule is CCC(C)Nc1ccnc(C(=O)Nc2ccc(OC)c(OC)c2)c1. The van der Waals surface area contributed by atoms with Crippen molar-refractivity contribution >= 4 is 17.3 Å². The van der Waals surface area contributed by atoms with Crippen molar-refractivity contribution in [1.29, 1.82) is 0 Å². The number of benzene rings is 1. The van der Waals surface area contributed by atoms with Crippen molar-refractivity contribution in [1.82, 2.24) is 4.98 Å². The zero-order valence-electron chi connectivity index (χ0n) is 14.4. The number of ether oxygens (including phenoxy) is 2. The Hall–Kier alpha value is -2.76. The first kappa shape index (κ1) is 17.6. The molecule has 0 saturated carbocycles. The molecule has 1 aromatic carbocycles. The topological polar surface area (TPSA) is 72.5 Å². The van der Waals surface area contributed by atoms with E-state index in [-0.39, 0.29) is 5.91 Å². The van der Waals surface area contributed by atoms with Crippen molar-refractivity contribution in [3.63, 3.8) is 0 Å². The van der Waals surface area contributed by atoms with Gasteiger partial charge in [0, 0.05) is 29.7 Å². The lowest BCUT2D eigenvalue weighted by atomic mass is 10.2. The predicted octanol–water partition coefficient (Wildman–Crippen LogP) is 3.56. The van der Waals surface area contributed by atoms with Gasteiger partial charge in [-0.1, -0.05) is 6.92 Å². The number of anilines is 2. The highest BCUT2D eigenvalue weighted by Crippen LogP contribution is 2.29. The van der Waals surface area contributed by atoms with Crippen LogP contribution in [0, 0.1) is 0 Å². The van der Waals surface area contributed by atoms with Crippen LogP contribution < -0.4 is 20.1 Å². The van der Waals surface area contributed by atoms with Gasteiger partial charge >= 0.3 is 0 Å². The molecule has 2 aromatic rings. The third-order valence-electron chi connectivity index (χ3n) is 3.66. The van der Waals surface area contributed by atoms with Gasteiger partial charge in [0.2, 0.25) is 0 Å². The summed E-state index contributed by atoms with van der Waals surface area (Å²) in [5.41, 5.74) is 1.83. The zero-order chi connectivity index (χ0) is 17.5. The largest absolute Gasteiger partial charge is 0.493 e. The fourth-order valence-corrected chi connectivity index (χ4v) is 2.14. The van der Waals surface area contributed by atoms with Crippen molar-refractivity contribution in [3.8, 4) is 11.5 Å². The molecule has 24 heavy (non-hydrogen) atoms.